The Morgan fingerprint density at radius 3 is 2.44 bits per heavy atom. The maximum absolute atomic E-state index is 9.57. The van der Waals surface area contributed by atoms with E-state index in [1.165, 1.54) is 17.7 Å². The molecule has 5 heteroatoms. The van der Waals surface area contributed by atoms with Crippen LogP contribution < -0.4 is 10.6 Å². The largest absolute Gasteiger partial charge is 0.361 e. The highest BCUT2D eigenvalue weighted by Gasteiger charge is 2.45. The van der Waals surface area contributed by atoms with Crippen molar-refractivity contribution < 1.29 is 4.52 Å². The monoisotopic (exact) mass is 426 g/mol. The zero-order valence-electron chi connectivity index (χ0n) is 19.1. The molecule has 1 heterocycles. The molecule has 2 N–H and O–H groups in total. The highest BCUT2D eigenvalue weighted by atomic mass is 16.5. The first-order valence-electron chi connectivity index (χ1n) is 11.5. The summed E-state index contributed by atoms with van der Waals surface area (Å²) >= 11 is 0. The van der Waals surface area contributed by atoms with Crippen molar-refractivity contribution >= 4 is 11.4 Å². The number of aromatic nitrogens is 1. The molecule has 2 aliphatic rings. The lowest BCUT2D eigenvalue weighted by atomic mass is 9.97. The molecule has 0 saturated heterocycles. The lowest BCUT2D eigenvalue weighted by Crippen LogP contribution is -2.22. The fraction of sp³-hybridized carbons (Fsp3) is 0.407. The van der Waals surface area contributed by atoms with Crippen LogP contribution in [0.25, 0.3) is 11.1 Å². The van der Waals surface area contributed by atoms with E-state index in [1.807, 2.05) is 13.8 Å². The van der Waals surface area contributed by atoms with Crippen molar-refractivity contribution in [1.82, 2.24) is 5.16 Å². The number of hydrogen-bond acceptors (Lipinski definition) is 5. The van der Waals surface area contributed by atoms with Crippen LogP contribution >= 0.6 is 0 Å². The maximum Gasteiger partial charge on any atom is 0.141 e. The molecule has 0 amide bonds. The number of nitrogens with two attached hydrogens (primary N) is 1. The van der Waals surface area contributed by atoms with Gasteiger partial charge >= 0.3 is 0 Å². The van der Waals surface area contributed by atoms with Crippen molar-refractivity contribution in [3.8, 4) is 17.2 Å². The van der Waals surface area contributed by atoms with Gasteiger partial charge in [0.2, 0.25) is 0 Å². The van der Waals surface area contributed by atoms with Crippen LogP contribution in [0.1, 0.15) is 41.8 Å². The molecule has 1 aromatic heterocycles. The number of anilines is 2. The predicted molar refractivity (Wildman–Crippen MR) is 127 cm³/mol. The standard InChI is InChI=1S/C27H30N4O/c1-17-4-5-20(26-18(2)30-32-19(26)3)13-25(17)31(15-22-12-21(22)14-28)24-8-6-23(7-9-24)27(16-29)10-11-27/h4-9,13,21-22H,10-12,14-15,28H2,1-3H3/t21-,22-/m1/s1. The second-order valence-electron chi connectivity index (χ2n) is 9.54. The van der Waals surface area contributed by atoms with Gasteiger partial charge in [0, 0.05) is 23.5 Å². The summed E-state index contributed by atoms with van der Waals surface area (Å²) in [6.45, 7) is 7.80. The molecule has 2 aromatic carbocycles. The maximum atomic E-state index is 9.57. The summed E-state index contributed by atoms with van der Waals surface area (Å²) in [4.78, 5) is 2.42. The molecule has 0 bridgehead atoms. The van der Waals surface area contributed by atoms with Crippen LogP contribution in [0.2, 0.25) is 0 Å². The Labute approximate surface area is 189 Å². The number of benzene rings is 2. The van der Waals surface area contributed by atoms with E-state index in [1.54, 1.807) is 0 Å². The van der Waals surface area contributed by atoms with Gasteiger partial charge in [0.05, 0.1) is 17.2 Å². The first-order chi connectivity index (χ1) is 15.5. The highest BCUT2D eigenvalue weighted by Crippen LogP contribution is 2.48. The molecule has 3 aromatic rings. The third-order valence-electron chi connectivity index (χ3n) is 7.31. The van der Waals surface area contributed by atoms with Crippen molar-refractivity contribution in [2.24, 2.45) is 17.6 Å². The molecule has 0 spiro atoms. The number of nitrogens with zero attached hydrogens (tertiary/aromatic N) is 3. The van der Waals surface area contributed by atoms with E-state index in [-0.39, 0.29) is 5.41 Å². The molecule has 0 unspecified atom stereocenters. The van der Waals surface area contributed by atoms with Gasteiger partial charge in [0.25, 0.3) is 0 Å². The van der Waals surface area contributed by atoms with Gasteiger partial charge in [-0.05, 0) is 93.3 Å². The second kappa shape index (κ2) is 7.79. The van der Waals surface area contributed by atoms with Gasteiger partial charge in [0.1, 0.15) is 5.76 Å². The molecular weight excluding hydrogens is 396 g/mol. The van der Waals surface area contributed by atoms with Crippen LogP contribution in [0.3, 0.4) is 0 Å². The van der Waals surface area contributed by atoms with E-state index < -0.39 is 0 Å². The summed E-state index contributed by atoms with van der Waals surface area (Å²) in [6, 6.07) is 17.7. The lowest BCUT2D eigenvalue weighted by Gasteiger charge is -2.28. The van der Waals surface area contributed by atoms with Crippen LogP contribution in [0.4, 0.5) is 11.4 Å². The third-order valence-corrected chi connectivity index (χ3v) is 7.31. The van der Waals surface area contributed by atoms with Gasteiger partial charge in [-0.15, -0.1) is 0 Å². The molecule has 32 heavy (non-hydrogen) atoms. The average molecular weight is 427 g/mol. The van der Waals surface area contributed by atoms with Gasteiger partial charge in [-0.25, -0.2) is 0 Å². The van der Waals surface area contributed by atoms with E-state index in [9.17, 15) is 5.26 Å². The molecule has 5 nitrogen and oxygen atoms in total. The van der Waals surface area contributed by atoms with Crippen molar-refractivity contribution in [2.45, 2.75) is 45.4 Å². The molecule has 2 saturated carbocycles. The number of rotatable bonds is 7. The minimum atomic E-state index is -0.260. The molecule has 2 aliphatic carbocycles. The molecule has 2 atom stereocenters. The first-order valence-corrected chi connectivity index (χ1v) is 11.5. The zero-order valence-corrected chi connectivity index (χ0v) is 19.1. The third kappa shape index (κ3) is 3.59. The quantitative estimate of drug-likeness (QED) is 0.535. The summed E-state index contributed by atoms with van der Waals surface area (Å²) in [6.07, 6.45) is 3.11. The smallest absolute Gasteiger partial charge is 0.141 e. The fourth-order valence-electron chi connectivity index (χ4n) is 4.90. The van der Waals surface area contributed by atoms with Crippen molar-refractivity contribution in [1.29, 1.82) is 5.26 Å². The SMILES string of the molecule is Cc1ccc(-c2c(C)noc2C)cc1N(C[C@H]1C[C@@H]1CN)c1ccc(C2(C#N)CC2)cc1. The summed E-state index contributed by atoms with van der Waals surface area (Å²) < 4.78 is 5.43. The average Bonchev–Trinajstić information content (AvgIpc) is 3.72. The zero-order chi connectivity index (χ0) is 22.5. The predicted octanol–water partition coefficient (Wildman–Crippen LogP) is 5.55. The summed E-state index contributed by atoms with van der Waals surface area (Å²) in [5.41, 5.74) is 13.5. The van der Waals surface area contributed by atoms with Gasteiger partial charge in [-0.2, -0.15) is 5.26 Å². The Bertz CT molecular complexity index is 1160. The molecule has 0 radical (unpaired) electrons. The van der Waals surface area contributed by atoms with Crippen LogP contribution in [-0.4, -0.2) is 18.2 Å². The molecule has 164 valence electrons. The summed E-state index contributed by atoms with van der Waals surface area (Å²) in [5.74, 6) is 2.05. The first kappa shape index (κ1) is 20.8. The van der Waals surface area contributed by atoms with Crippen LogP contribution in [0, 0.1) is 43.9 Å². The van der Waals surface area contributed by atoms with Crippen molar-refractivity contribution in [3.05, 3.63) is 65.0 Å². The minimum absolute atomic E-state index is 0.260. The lowest BCUT2D eigenvalue weighted by molar-refractivity contribution is 0.393. The normalized spacial score (nSPS) is 20.6. The molecule has 0 aliphatic heterocycles. The van der Waals surface area contributed by atoms with Gasteiger partial charge in [-0.3, -0.25) is 0 Å². The van der Waals surface area contributed by atoms with E-state index >= 15 is 0 Å². The number of nitriles is 1. The Morgan fingerprint density at radius 2 is 1.88 bits per heavy atom. The Kier molecular flexibility index (Phi) is 5.06. The molecule has 5 rings (SSSR count). The van der Waals surface area contributed by atoms with Gasteiger partial charge in [-0.1, -0.05) is 29.4 Å². The Morgan fingerprint density at radius 1 is 1.12 bits per heavy atom. The van der Waals surface area contributed by atoms with Crippen molar-refractivity contribution in [3.63, 3.8) is 0 Å². The fourth-order valence-corrected chi connectivity index (χ4v) is 4.90. The van der Waals surface area contributed by atoms with E-state index in [0.717, 1.165) is 59.8 Å². The Balaban J connectivity index is 1.54. The van der Waals surface area contributed by atoms with Gasteiger partial charge < -0.3 is 15.2 Å². The number of hydrogen-bond donors (Lipinski definition) is 1. The highest BCUT2D eigenvalue weighted by molar-refractivity contribution is 5.76. The second-order valence-corrected chi connectivity index (χ2v) is 9.54. The van der Waals surface area contributed by atoms with Crippen LogP contribution in [0.5, 0.6) is 0 Å². The van der Waals surface area contributed by atoms with Crippen LogP contribution in [0.15, 0.2) is 47.0 Å². The van der Waals surface area contributed by atoms with E-state index in [2.05, 4.69) is 65.5 Å². The topological polar surface area (TPSA) is 79.1 Å². The van der Waals surface area contributed by atoms with Crippen LogP contribution in [-0.2, 0) is 5.41 Å². The van der Waals surface area contributed by atoms with E-state index in [0.29, 0.717) is 11.8 Å². The van der Waals surface area contributed by atoms with E-state index in [4.69, 9.17) is 10.3 Å². The number of aryl methyl sites for hydroxylation is 3. The minimum Gasteiger partial charge on any atom is -0.361 e. The Hall–Kier alpha value is -3.10. The summed E-state index contributed by atoms with van der Waals surface area (Å²) in [5, 5.41) is 13.7. The van der Waals surface area contributed by atoms with Crippen molar-refractivity contribution in [2.75, 3.05) is 18.0 Å². The summed E-state index contributed by atoms with van der Waals surface area (Å²) in [7, 11) is 0. The molecular formula is C27H30N4O. The molecule has 2 fully saturated rings. The van der Waals surface area contributed by atoms with Gasteiger partial charge in [0.15, 0.2) is 0 Å².